The minimum absolute atomic E-state index is 0.0903. The van der Waals surface area contributed by atoms with Crippen molar-refractivity contribution in [3.05, 3.63) is 63.6 Å². The number of nitrogens with zero attached hydrogens (tertiary/aromatic N) is 2. The number of carbonyl (C=O) groups excluding carboxylic acids is 1. The fourth-order valence-corrected chi connectivity index (χ4v) is 3.44. The highest BCUT2D eigenvalue weighted by Gasteiger charge is 2.23. The molecule has 0 N–H and O–H groups in total. The standard InChI is InChI=1S/C21H24Cl2N2O/c1-21(2,3)16-6-4-15(5-7-16)20(26)25-12-10-24(11-13-25)17-8-9-18(22)19(23)14-17/h4-9,14H,10-13H2,1-3H3. The van der Waals surface area contributed by atoms with Crippen molar-refractivity contribution in [2.45, 2.75) is 26.2 Å². The minimum Gasteiger partial charge on any atom is -0.368 e. The molecular formula is C21H24Cl2N2O. The van der Waals surface area contributed by atoms with Crippen molar-refractivity contribution in [3.63, 3.8) is 0 Å². The Labute approximate surface area is 165 Å². The number of rotatable bonds is 2. The van der Waals surface area contributed by atoms with Crippen LogP contribution in [0.1, 0.15) is 36.7 Å². The lowest BCUT2D eigenvalue weighted by atomic mass is 9.86. The highest BCUT2D eigenvalue weighted by Crippen LogP contribution is 2.28. The van der Waals surface area contributed by atoms with E-state index in [1.807, 2.05) is 35.2 Å². The molecule has 0 aromatic heterocycles. The summed E-state index contributed by atoms with van der Waals surface area (Å²) in [5.41, 5.74) is 3.12. The molecule has 2 aromatic carbocycles. The molecule has 2 aromatic rings. The molecule has 5 heteroatoms. The molecule has 138 valence electrons. The molecular weight excluding hydrogens is 367 g/mol. The lowest BCUT2D eigenvalue weighted by Crippen LogP contribution is -2.48. The van der Waals surface area contributed by atoms with Gasteiger partial charge in [-0.25, -0.2) is 0 Å². The monoisotopic (exact) mass is 390 g/mol. The Kier molecular flexibility index (Phi) is 5.50. The maximum Gasteiger partial charge on any atom is 0.253 e. The van der Waals surface area contributed by atoms with Gasteiger partial charge in [0.25, 0.3) is 5.91 Å². The van der Waals surface area contributed by atoms with Gasteiger partial charge in [-0.2, -0.15) is 0 Å². The topological polar surface area (TPSA) is 23.6 Å². The van der Waals surface area contributed by atoms with E-state index >= 15 is 0 Å². The summed E-state index contributed by atoms with van der Waals surface area (Å²) in [4.78, 5) is 16.9. The Bertz CT molecular complexity index is 789. The van der Waals surface area contributed by atoms with Crippen LogP contribution in [-0.4, -0.2) is 37.0 Å². The van der Waals surface area contributed by atoms with E-state index < -0.39 is 0 Å². The van der Waals surface area contributed by atoms with Gasteiger partial charge in [-0.05, 0) is 41.3 Å². The molecule has 1 fully saturated rings. The molecule has 0 saturated carbocycles. The smallest absolute Gasteiger partial charge is 0.253 e. The average Bonchev–Trinajstić information content (AvgIpc) is 2.63. The van der Waals surface area contributed by atoms with Gasteiger partial charge in [0.2, 0.25) is 0 Å². The number of halogens is 2. The number of anilines is 1. The van der Waals surface area contributed by atoms with Gasteiger partial charge in [0.15, 0.2) is 0 Å². The Morgan fingerprint density at radius 3 is 2.04 bits per heavy atom. The van der Waals surface area contributed by atoms with Crippen LogP contribution in [0.2, 0.25) is 10.0 Å². The Hall–Kier alpha value is -1.71. The van der Waals surface area contributed by atoms with Crippen molar-refractivity contribution in [2.75, 3.05) is 31.1 Å². The lowest BCUT2D eigenvalue weighted by molar-refractivity contribution is 0.0746. The summed E-state index contributed by atoms with van der Waals surface area (Å²) in [6.45, 7) is 9.47. The van der Waals surface area contributed by atoms with Gasteiger partial charge < -0.3 is 9.80 Å². The third-order valence-electron chi connectivity index (χ3n) is 4.83. The van der Waals surface area contributed by atoms with Crippen LogP contribution in [0.25, 0.3) is 0 Å². The van der Waals surface area contributed by atoms with Crippen LogP contribution in [0.3, 0.4) is 0 Å². The van der Waals surface area contributed by atoms with Gasteiger partial charge in [0.05, 0.1) is 10.0 Å². The first-order valence-electron chi connectivity index (χ1n) is 8.85. The summed E-state index contributed by atoms with van der Waals surface area (Å²) in [5.74, 6) is 0.0965. The van der Waals surface area contributed by atoms with Crippen LogP contribution in [0.5, 0.6) is 0 Å². The van der Waals surface area contributed by atoms with Crippen molar-refractivity contribution >= 4 is 34.8 Å². The van der Waals surface area contributed by atoms with Gasteiger partial charge >= 0.3 is 0 Å². The number of benzene rings is 2. The van der Waals surface area contributed by atoms with Crippen LogP contribution in [0.15, 0.2) is 42.5 Å². The first kappa shape index (κ1) is 19.1. The molecule has 0 atom stereocenters. The van der Waals surface area contributed by atoms with Crippen molar-refractivity contribution < 1.29 is 4.79 Å². The second-order valence-electron chi connectivity index (χ2n) is 7.71. The zero-order valence-electron chi connectivity index (χ0n) is 15.4. The predicted molar refractivity (Wildman–Crippen MR) is 110 cm³/mol. The van der Waals surface area contributed by atoms with Crippen LogP contribution in [0, 0.1) is 0 Å². The zero-order chi connectivity index (χ0) is 18.9. The van der Waals surface area contributed by atoms with Gasteiger partial charge in [0, 0.05) is 37.4 Å². The first-order valence-corrected chi connectivity index (χ1v) is 9.61. The molecule has 1 amide bonds. The third-order valence-corrected chi connectivity index (χ3v) is 5.57. The quantitative estimate of drug-likeness (QED) is 0.698. The summed E-state index contributed by atoms with van der Waals surface area (Å²) in [6, 6.07) is 13.7. The fourth-order valence-electron chi connectivity index (χ4n) is 3.14. The highest BCUT2D eigenvalue weighted by molar-refractivity contribution is 6.42. The summed E-state index contributed by atoms with van der Waals surface area (Å²) >= 11 is 12.1. The molecule has 0 aliphatic carbocycles. The van der Waals surface area contributed by atoms with Crippen molar-refractivity contribution in [3.8, 4) is 0 Å². The van der Waals surface area contributed by atoms with Crippen molar-refractivity contribution in [1.29, 1.82) is 0 Å². The minimum atomic E-state index is 0.0903. The van der Waals surface area contributed by atoms with E-state index in [2.05, 4.69) is 37.8 Å². The normalized spacial score (nSPS) is 15.3. The van der Waals surface area contributed by atoms with E-state index in [4.69, 9.17) is 23.2 Å². The predicted octanol–water partition coefficient (Wildman–Crippen LogP) is 5.25. The summed E-state index contributed by atoms with van der Waals surface area (Å²) in [6.07, 6.45) is 0. The zero-order valence-corrected chi connectivity index (χ0v) is 16.9. The van der Waals surface area contributed by atoms with Crippen LogP contribution in [-0.2, 0) is 5.41 Å². The van der Waals surface area contributed by atoms with Crippen LogP contribution in [0.4, 0.5) is 5.69 Å². The molecule has 3 nitrogen and oxygen atoms in total. The molecule has 3 rings (SSSR count). The third kappa shape index (κ3) is 4.16. The molecule has 1 saturated heterocycles. The Morgan fingerprint density at radius 1 is 0.885 bits per heavy atom. The van der Waals surface area contributed by atoms with E-state index in [1.165, 1.54) is 5.56 Å². The van der Waals surface area contributed by atoms with Crippen LogP contribution >= 0.6 is 23.2 Å². The van der Waals surface area contributed by atoms with E-state index in [-0.39, 0.29) is 11.3 Å². The van der Waals surface area contributed by atoms with Crippen molar-refractivity contribution in [1.82, 2.24) is 4.90 Å². The molecule has 26 heavy (non-hydrogen) atoms. The van der Waals surface area contributed by atoms with Gasteiger partial charge in [-0.1, -0.05) is 56.1 Å². The maximum absolute atomic E-state index is 12.8. The molecule has 1 aliphatic rings. The molecule has 1 heterocycles. The number of piperazine rings is 1. The molecule has 0 radical (unpaired) electrons. The first-order chi connectivity index (χ1) is 12.3. The highest BCUT2D eigenvalue weighted by atomic mass is 35.5. The Morgan fingerprint density at radius 2 is 1.50 bits per heavy atom. The second-order valence-corrected chi connectivity index (χ2v) is 8.52. The summed E-state index contributed by atoms with van der Waals surface area (Å²) in [7, 11) is 0. The van der Waals surface area contributed by atoms with E-state index in [9.17, 15) is 4.79 Å². The molecule has 0 spiro atoms. The van der Waals surface area contributed by atoms with Crippen LogP contribution < -0.4 is 4.90 Å². The number of hydrogen-bond acceptors (Lipinski definition) is 2. The SMILES string of the molecule is CC(C)(C)c1ccc(C(=O)N2CCN(c3ccc(Cl)c(Cl)c3)CC2)cc1. The number of hydrogen-bond donors (Lipinski definition) is 0. The Balaban J connectivity index is 1.64. The fraction of sp³-hybridized carbons (Fsp3) is 0.381. The molecule has 1 aliphatic heterocycles. The lowest BCUT2D eigenvalue weighted by Gasteiger charge is -2.36. The average molecular weight is 391 g/mol. The summed E-state index contributed by atoms with van der Waals surface area (Å²) in [5, 5.41) is 1.12. The van der Waals surface area contributed by atoms with Crippen molar-refractivity contribution in [2.24, 2.45) is 0 Å². The molecule has 0 bridgehead atoms. The maximum atomic E-state index is 12.8. The largest absolute Gasteiger partial charge is 0.368 e. The van der Waals surface area contributed by atoms with Gasteiger partial charge in [-0.15, -0.1) is 0 Å². The number of carbonyl (C=O) groups is 1. The van der Waals surface area contributed by atoms with E-state index in [0.717, 1.165) is 24.3 Å². The van der Waals surface area contributed by atoms with E-state index in [1.54, 1.807) is 0 Å². The summed E-state index contributed by atoms with van der Waals surface area (Å²) < 4.78 is 0. The molecule has 0 unspecified atom stereocenters. The van der Waals surface area contributed by atoms with E-state index in [0.29, 0.717) is 23.1 Å². The van der Waals surface area contributed by atoms with Gasteiger partial charge in [0.1, 0.15) is 0 Å². The second kappa shape index (κ2) is 7.50. The van der Waals surface area contributed by atoms with Gasteiger partial charge in [-0.3, -0.25) is 4.79 Å². The number of amides is 1.